The Labute approximate surface area is 124 Å². The van der Waals surface area contributed by atoms with Crippen molar-refractivity contribution in [3.63, 3.8) is 0 Å². The van der Waals surface area contributed by atoms with Gasteiger partial charge < -0.3 is 15.1 Å². The summed E-state index contributed by atoms with van der Waals surface area (Å²) in [5.41, 5.74) is 1.97. The molecule has 2 N–H and O–H groups in total. The van der Waals surface area contributed by atoms with E-state index in [4.69, 9.17) is 0 Å². The van der Waals surface area contributed by atoms with E-state index in [1.807, 2.05) is 18.2 Å². The molecule has 0 spiro atoms. The van der Waals surface area contributed by atoms with Gasteiger partial charge in [0.1, 0.15) is 0 Å². The fraction of sp³-hybridized carbons (Fsp3) is 0.600. The Kier molecular flexibility index (Phi) is 6.83. The van der Waals surface area contributed by atoms with Crippen LogP contribution in [0.2, 0.25) is 0 Å². The topological polar surface area (TPSA) is 43.7 Å². The lowest BCUT2D eigenvalue weighted by molar-refractivity contribution is 0.199. The Balaban J connectivity index is 3.08. The second-order valence-corrected chi connectivity index (χ2v) is 5.63. The van der Waals surface area contributed by atoms with Crippen molar-refractivity contribution in [3.8, 4) is 0 Å². The van der Waals surface area contributed by atoms with Gasteiger partial charge in [-0.1, -0.05) is 19.9 Å². The van der Waals surface area contributed by atoms with E-state index in [0.717, 1.165) is 28.6 Å². The third-order valence-electron chi connectivity index (χ3n) is 3.49. The molecule has 0 aliphatic carbocycles. The summed E-state index contributed by atoms with van der Waals surface area (Å²) >= 11 is 3.58. The van der Waals surface area contributed by atoms with E-state index < -0.39 is 6.10 Å². The number of hydrogen-bond acceptors (Lipinski definition) is 3. The van der Waals surface area contributed by atoms with Crippen LogP contribution in [0.4, 0.5) is 5.69 Å². The first-order valence-corrected chi connectivity index (χ1v) is 7.69. The normalized spacial score (nSPS) is 12.8. The molecule has 0 heterocycles. The SMILES string of the molecule is CCC(CC)N(CCO)c1ccc([C@@H](C)O)cc1Br. The van der Waals surface area contributed by atoms with Gasteiger partial charge in [-0.05, 0) is 53.4 Å². The fourth-order valence-electron chi connectivity index (χ4n) is 2.35. The van der Waals surface area contributed by atoms with Crippen LogP contribution in [0.15, 0.2) is 22.7 Å². The molecule has 0 aliphatic rings. The molecule has 1 rings (SSSR count). The van der Waals surface area contributed by atoms with E-state index in [0.29, 0.717) is 12.6 Å². The molecular weight excluding hydrogens is 306 g/mol. The summed E-state index contributed by atoms with van der Waals surface area (Å²) in [5, 5.41) is 18.9. The Morgan fingerprint density at radius 1 is 1.26 bits per heavy atom. The smallest absolute Gasteiger partial charge is 0.0762 e. The summed E-state index contributed by atoms with van der Waals surface area (Å²) in [6, 6.07) is 6.32. The standard InChI is InChI=1S/C15H24BrNO2/c1-4-13(5-2)17(8-9-18)15-7-6-12(11(3)19)10-14(15)16/h6-7,10-11,13,18-19H,4-5,8-9H2,1-3H3/t11-/m1/s1. The van der Waals surface area contributed by atoms with Gasteiger partial charge in [0.2, 0.25) is 0 Å². The van der Waals surface area contributed by atoms with Crippen molar-refractivity contribution in [1.29, 1.82) is 0 Å². The number of benzene rings is 1. The first-order chi connectivity index (χ1) is 9.04. The molecule has 0 saturated carbocycles. The molecule has 0 amide bonds. The first kappa shape index (κ1) is 16.5. The van der Waals surface area contributed by atoms with Crippen molar-refractivity contribution >= 4 is 21.6 Å². The summed E-state index contributed by atoms with van der Waals surface area (Å²) < 4.78 is 0.964. The Hall–Kier alpha value is -0.580. The molecule has 0 unspecified atom stereocenters. The van der Waals surface area contributed by atoms with Crippen LogP contribution in [0.3, 0.4) is 0 Å². The summed E-state index contributed by atoms with van der Waals surface area (Å²) in [6.07, 6.45) is 1.62. The van der Waals surface area contributed by atoms with Gasteiger partial charge in [0, 0.05) is 17.1 Å². The minimum Gasteiger partial charge on any atom is -0.395 e. The summed E-state index contributed by atoms with van der Waals surface area (Å²) in [5.74, 6) is 0. The van der Waals surface area contributed by atoms with Crippen molar-refractivity contribution in [2.24, 2.45) is 0 Å². The van der Waals surface area contributed by atoms with Crippen molar-refractivity contribution in [2.75, 3.05) is 18.1 Å². The predicted octanol–water partition coefficient (Wildman–Crippen LogP) is 3.49. The maximum Gasteiger partial charge on any atom is 0.0762 e. The van der Waals surface area contributed by atoms with Gasteiger partial charge in [-0.15, -0.1) is 0 Å². The van der Waals surface area contributed by atoms with Gasteiger partial charge in [0.15, 0.2) is 0 Å². The molecule has 4 heteroatoms. The van der Waals surface area contributed by atoms with Crippen LogP contribution >= 0.6 is 15.9 Å². The summed E-state index contributed by atoms with van der Waals surface area (Å²) in [4.78, 5) is 2.23. The molecule has 0 saturated heterocycles. The van der Waals surface area contributed by atoms with E-state index in [1.165, 1.54) is 0 Å². The molecule has 0 aliphatic heterocycles. The molecule has 0 fully saturated rings. The molecule has 1 atom stereocenters. The molecular formula is C15H24BrNO2. The van der Waals surface area contributed by atoms with Crippen LogP contribution in [0.1, 0.15) is 45.3 Å². The number of aliphatic hydroxyl groups is 2. The van der Waals surface area contributed by atoms with Gasteiger partial charge in [-0.25, -0.2) is 0 Å². The Morgan fingerprint density at radius 3 is 2.32 bits per heavy atom. The lowest BCUT2D eigenvalue weighted by Gasteiger charge is -2.33. The van der Waals surface area contributed by atoms with E-state index in [-0.39, 0.29) is 6.61 Å². The molecule has 0 bridgehead atoms. The van der Waals surface area contributed by atoms with Gasteiger partial charge in [-0.3, -0.25) is 0 Å². The van der Waals surface area contributed by atoms with Crippen molar-refractivity contribution in [3.05, 3.63) is 28.2 Å². The molecule has 19 heavy (non-hydrogen) atoms. The maximum atomic E-state index is 9.61. The lowest BCUT2D eigenvalue weighted by Crippen LogP contribution is -2.37. The number of halogens is 1. The zero-order valence-electron chi connectivity index (χ0n) is 11.9. The second-order valence-electron chi connectivity index (χ2n) is 4.77. The highest BCUT2D eigenvalue weighted by molar-refractivity contribution is 9.10. The summed E-state index contributed by atoms with van der Waals surface area (Å²) in [6.45, 7) is 6.85. The third kappa shape index (κ3) is 4.20. The Morgan fingerprint density at radius 2 is 1.89 bits per heavy atom. The average molecular weight is 330 g/mol. The minimum absolute atomic E-state index is 0.140. The Bertz CT molecular complexity index is 392. The minimum atomic E-state index is -0.468. The van der Waals surface area contributed by atoms with Crippen LogP contribution in [-0.4, -0.2) is 29.4 Å². The zero-order chi connectivity index (χ0) is 14.4. The molecule has 108 valence electrons. The lowest BCUT2D eigenvalue weighted by atomic mass is 10.1. The largest absolute Gasteiger partial charge is 0.395 e. The van der Waals surface area contributed by atoms with Gasteiger partial charge in [0.05, 0.1) is 18.4 Å². The monoisotopic (exact) mass is 329 g/mol. The third-order valence-corrected chi connectivity index (χ3v) is 4.12. The highest BCUT2D eigenvalue weighted by atomic mass is 79.9. The molecule has 3 nitrogen and oxygen atoms in total. The van der Waals surface area contributed by atoms with Crippen molar-refractivity contribution < 1.29 is 10.2 Å². The van der Waals surface area contributed by atoms with E-state index in [2.05, 4.69) is 34.7 Å². The number of anilines is 1. The van der Waals surface area contributed by atoms with E-state index >= 15 is 0 Å². The maximum absolute atomic E-state index is 9.61. The highest BCUT2D eigenvalue weighted by Crippen LogP contribution is 2.31. The van der Waals surface area contributed by atoms with Crippen LogP contribution in [-0.2, 0) is 0 Å². The van der Waals surface area contributed by atoms with Crippen LogP contribution in [0.5, 0.6) is 0 Å². The fourth-order valence-corrected chi connectivity index (χ4v) is 2.98. The van der Waals surface area contributed by atoms with E-state index in [9.17, 15) is 10.2 Å². The number of nitrogens with zero attached hydrogens (tertiary/aromatic N) is 1. The van der Waals surface area contributed by atoms with Crippen LogP contribution < -0.4 is 4.90 Å². The van der Waals surface area contributed by atoms with Crippen molar-refractivity contribution in [1.82, 2.24) is 0 Å². The number of aliphatic hydroxyl groups excluding tert-OH is 2. The number of rotatable bonds is 7. The molecule has 1 aromatic rings. The van der Waals surface area contributed by atoms with Crippen LogP contribution in [0.25, 0.3) is 0 Å². The van der Waals surface area contributed by atoms with Crippen molar-refractivity contribution in [2.45, 2.75) is 45.8 Å². The van der Waals surface area contributed by atoms with Gasteiger partial charge in [0.25, 0.3) is 0 Å². The van der Waals surface area contributed by atoms with E-state index in [1.54, 1.807) is 6.92 Å². The average Bonchev–Trinajstić information content (AvgIpc) is 2.39. The molecule has 1 aromatic carbocycles. The van der Waals surface area contributed by atoms with Gasteiger partial charge >= 0.3 is 0 Å². The number of hydrogen-bond donors (Lipinski definition) is 2. The second kappa shape index (κ2) is 7.88. The van der Waals surface area contributed by atoms with Crippen LogP contribution in [0, 0.1) is 0 Å². The van der Waals surface area contributed by atoms with Gasteiger partial charge in [-0.2, -0.15) is 0 Å². The quantitative estimate of drug-likeness (QED) is 0.804. The molecule has 0 aromatic heterocycles. The highest BCUT2D eigenvalue weighted by Gasteiger charge is 2.18. The summed E-state index contributed by atoms with van der Waals surface area (Å²) in [7, 11) is 0. The first-order valence-electron chi connectivity index (χ1n) is 6.90. The molecule has 0 radical (unpaired) electrons. The predicted molar refractivity (Wildman–Crippen MR) is 83.6 cm³/mol. The zero-order valence-corrected chi connectivity index (χ0v) is 13.5.